The van der Waals surface area contributed by atoms with Gasteiger partial charge in [0.1, 0.15) is 11.2 Å². The Labute approximate surface area is 325 Å². The van der Waals surface area contributed by atoms with Gasteiger partial charge in [0, 0.05) is 48.7 Å². The van der Waals surface area contributed by atoms with E-state index in [2.05, 4.69) is 173 Å². The van der Waals surface area contributed by atoms with Gasteiger partial charge >= 0.3 is 0 Å². The van der Waals surface area contributed by atoms with E-state index < -0.39 is 0 Å². The van der Waals surface area contributed by atoms with E-state index >= 15 is 0 Å². The molecule has 0 fully saturated rings. The zero-order chi connectivity index (χ0) is 37.2. The van der Waals surface area contributed by atoms with E-state index in [-0.39, 0.29) is 0 Å². The van der Waals surface area contributed by atoms with Gasteiger partial charge in [-0.3, -0.25) is 4.57 Å². The third kappa shape index (κ3) is 4.23. The van der Waals surface area contributed by atoms with Gasteiger partial charge in [-0.05, 0) is 70.8 Å². The Bertz CT molecular complexity index is 3830. The number of hydrogen-bond acceptors (Lipinski definition) is 3. The molecule has 9 aromatic carbocycles. The summed E-state index contributed by atoms with van der Waals surface area (Å²) in [6.45, 7) is 0. The van der Waals surface area contributed by atoms with E-state index in [9.17, 15) is 0 Å². The normalized spacial score (nSPS) is 12.2. The van der Waals surface area contributed by atoms with E-state index in [1.807, 2.05) is 18.2 Å². The molecule has 0 aliphatic heterocycles. The number of fused-ring (bicyclic) bond motifs is 13. The molecule has 57 heavy (non-hydrogen) atoms. The topological polar surface area (TPSA) is 48.8 Å². The van der Waals surface area contributed by atoms with Crippen LogP contribution in [-0.4, -0.2) is 19.1 Å². The van der Waals surface area contributed by atoms with Crippen LogP contribution >= 0.6 is 0 Å². The minimum atomic E-state index is 0.625. The maximum absolute atomic E-state index is 6.35. The lowest BCUT2D eigenvalue weighted by Gasteiger charge is -2.14. The van der Waals surface area contributed by atoms with E-state index in [4.69, 9.17) is 14.4 Å². The van der Waals surface area contributed by atoms with Gasteiger partial charge in [0.25, 0.3) is 0 Å². The Kier molecular flexibility index (Phi) is 6.10. The number of benzene rings is 9. The highest BCUT2D eigenvalue weighted by Gasteiger charge is 2.22. The average Bonchev–Trinajstić information content (AvgIpc) is 3.93. The summed E-state index contributed by atoms with van der Waals surface area (Å²) in [5.41, 5.74) is 10.1. The summed E-state index contributed by atoms with van der Waals surface area (Å²) in [6, 6.07) is 64.8. The zero-order valence-corrected chi connectivity index (χ0v) is 30.5. The minimum Gasteiger partial charge on any atom is -0.456 e. The summed E-state index contributed by atoms with van der Waals surface area (Å²) >= 11 is 0. The van der Waals surface area contributed by atoms with Crippen LogP contribution in [0.4, 0.5) is 0 Å². The molecule has 0 aliphatic rings. The predicted molar refractivity (Wildman–Crippen MR) is 236 cm³/mol. The third-order valence-corrected chi connectivity index (χ3v) is 11.9. The van der Waals surface area contributed by atoms with Gasteiger partial charge in [-0.25, -0.2) is 9.97 Å². The largest absolute Gasteiger partial charge is 0.456 e. The highest BCUT2D eigenvalue weighted by atomic mass is 16.3. The second-order valence-corrected chi connectivity index (χ2v) is 14.9. The first-order valence-electron chi connectivity index (χ1n) is 19.3. The van der Waals surface area contributed by atoms with Crippen molar-refractivity contribution in [1.29, 1.82) is 0 Å². The molecular weight excluding hydrogens is 697 g/mol. The average molecular weight is 727 g/mol. The number of furan rings is 1. The van der Waals surface area contributed by atoms with Gasteiger partial charge in [-0.15, -0.1) is 0 Å². The van der Waals surface area contributed by atoms with Gasteiger partial charge < -0.3 is 8.98 Å². The van der Waals surface area contributed by atoms with Crippen molar-refractivity contribution in [2.45, 2.75) is 0 Å². The molecule has 0 N–H and O–H groups in total. The lowest BCUT2D eigenvalue weighted by Crippen LogP contribution is -2.03. The predicted octanol–water partition coefficient (Wildman–Crippen LogP) is 13.7. The number of nitrogens with zero attached hydrogens (tertiary/aromatic N) is 4. The van der Waals surface area contributed by atoms with Crippen LogP contribution in [0.25, 0.3) is 121 Å². The minimum absolute atomic E-state index is 0.625. The fourth-order valence-electron chi connectivity index (χ4n) is 9.48. The summed E-state index contributed by atoms with van der Waals surface area (Å²) in [7, 11) is 0. The number of aromatic nitrogens is 4. The Hall–Kier alpha value is -7.76. The quantitative estimate of drug-likeness (QED) is 0.182. The van der Waals surface area contributed by atoms with Gasteiger partial charge in [0.2, 0.25) is 5.95 Å². The van der Waals surface area contributed by atoms with Gasteiger partial charge in [-0.1, -0.05) is 127 Å². The molecule has 5 nitrogen and oxygen atoms in total. The number of rotatable bonds is 3. The molecule has 0 saturated heterocycles. The molecule has 4 heterocycles. The first kappa shape index (κ1) is 30.6. The highest BCUT2D eigenvalue weighted by Crippen LogP contribution is 2.42. The molecule has 0 atom stereocenters. The molecule has 13 aromatic rings. The lowest BCUT2D eigenvalue weighted by molar-refractivity contribution is 0.669. The van der Waals surface area contributed by atoms with Crippen molar-refractivity contribution in [3.8, 4) is 22.9 Å². The smallest absolute Gasteiger partial charge is 0.235 e. The molecule has 0 saturated carbocycles. The van der Waals surface area contributed by atoms with E-state index in [1.165, 1.54) is 38.0 Å². The molecule has 0 radical (unpaired) electrons. The summed E-state index contributed by atoms with van der Waals surface area (Å²) in [6.07, 6.45) is 0. The zero-order valence-electron chi connectivity index (χ0n) is 30.5. The Morgan fingerprint density at radius 3 is 1.95 bits per heavy atom. The molecule has 0 unspecified atom stereocenters. The fraction of sp³-hybridized carbons (Fsp3) is 0. The second kappa shape index (κ2) is 11.4. The van der Waals surface area contributed by atoms with Crippen LogP contribution in [0.15, 0.2) is 186 Å². The van der Waals surface area contributed by atoms with Gasteiger partial charge in [0.05, 0.1) is 39.0 Å². The molecular formula is C52H30N4O. The van der Waals surface area contributed by atoms with Crippen LogP contribution in [0.2, 0.25) is 0 Å². The van der Waals surface area contributed by atoms with Crippen LogP contribution < -0.4 is 0 Å². The summed E-state index contributed by atoms with van der Waals surface area (Å²) in [5, 5.41) is 12.8. The van der Waals surface area contributed by atoms with Crippen LogP contribution in [0, 0.1) is 0 Å². The van der Waals surface area contributed by atoms with E-state index in [1.54, 1.807) is 0 Å². The summed E-state index contributed by atoms with van der Waals surface area (Å²) in [5.74, 6) is 0.625. The molecule has 264 valence electrons. The van der Waals surface area contributed by atoms with Crippen LogP contribution in [0.5, 0.6) is 0 Å². The first-order valence-corrected chi connectivity index (χ1v) is 19.3. The first-order chi connectivity index (χ1) is 28.3. The van der Waals surface area contributed by atoms with E-state index in [0.717, 1.165) is 77.0 Å². The van der Waals surface area contributed by atoms with Crippen molar-refractivity contribution in [3.05, 3.63) is 182 Å². The van der Waals surface area contributed by atoms with Crippen molar-refractivity contribution in [3.63, 3.8) is 0 Å². The third-order valence-electron chi connectivity index (χ3n) is 11.9. The maximum atomic E-state index is 6.35. The van der Waals surface area contributed by atoms with Crippen LogP contribution in [0.1, 0.15) is 0 Å². The summed E-state index contributed by atoms with van der Waals surface area (Å²) in [4.78, 5) is 10.8. The Morgan fingerprint density at radius 2 is 1.05 bits per heavy atom. The molecule has 0 bridgehead atoms. The highest BCUT2D eigenvalue weighted by molar-refractivity contribution is 6.22. The Balaban J connectivity index is 1.13. The second-order valence-electron chi connectivity index (χ2n) is 14.9. The molecule has 5 heteroatoms. The monoisotopic (exact) mass is 726 g/mol. The van der Waals surface area contributed by atoms with Crippen molar-refractivity contribution in [2.75, 3.05) is 0 Å². The van der Waals surface area contributed by atoms with Gasteiger partial charge in [0.15, 0.2) is 0 Å². The lowest BCUT2D eigenvalue weighted by atomic mass is 10.0. The van der Waals surface area contributed by atoms with Crippen molar-refractivity contribution in [2.24, 2.45) is 0 Å². The number of para-hydroxylation sites is 4. The summed E-state index contributed by atoms with van der Waals surface area (Å²) < 4.78 is 11.0. The molecule has 0 spiro atoms. The van der Waals surface area contributed by atoms with E-state index in [0.29, 0.717) is 5.95 Å². The fourth-order valence-corrected chi connectivity index (χ4v) is 9.48. The molecule has 0 amide bonds. The van der Waals surface area contributed by atoms with Crippen molar-refractivity contribution >= 4 is 98.0 Å². The molecule has 0 aliphatic carbocycles. The van der Waals surface area contributed by atoms with Crippen LogP contribution in [0.3, 0.4) is 0 Å². The Morgan fingerprint density at radius 1 is 0.368 bits per heavy atom. The standard InChI is InChI=1S/C52H30N4O/c1-2-15-33-31(13-1)27-28-45-49(33)36-18-5-9-23-43(36)55(45)44-24-11-14-32-29-40-34-16-4-8-22-42(34)56(46(40)30-39(32)44)52-53-41-21-7-3-17-35(41)51(54-52)38-20-12-26-48-50(38)37-19-6-10-25-47(37)57-48/h1-30H. The SMILES string of the molecule is c1cc(-n2c3ccccc3c3c4ccccc4ccc32)c2cc3c(cc2c1)c1ccccc1n3-c1nc(-c2cccc3oc4ccccc4c23)c2ccccc2n1. The maximum Gasteiger partial charge on any atom is 0.235 e. The van der Waals surface area contributed by atoms with Crippen molar-refractivity contribution in [1.82, 2.24) is 19.1 Å². The molecule has 13 rings (SSSR count). The number of hydrogen-bond donors (Lipinski definition) is 0. The van der Waals surface area contributed by atoms with Gasteiger partial charge in [-0.2, -0.15) is 0 Å². The molecule has 4 aromatic heterocycles. The van der Waals surface area contributed by atoms with Crippen molar-refractivity contribution < 1.29 is 4.42 Å². The van der Waals surface area contributed by atoms with Crippen LogP contribution in [-0.2, 0) is 0 Å².